The second kappa shape index (κ2) is 10.3. The predicted molar refractivity (Wildman–Crippen MR) is 115 cm³/mol. The fourth-order valence-corrected chi connectivity index (χ4v) is 3.78. The lowest BCUT2D eigenvalue weighted by atomic mass is 10.0. The minimum absolute atomic E-state index is 0.0363. The van der Waals surface area contributed by atoms with Gasteiger partial charge in [-0.2, -0.15) is 0 Å². The number of aliphatic carboxylic acids is 1. The van der Waals surface area contributed by atoms with Crippen LogP contribution in [-0.4, -0.2) is 24.2 Å². The second-order valence-electron chi connectivity index (χ2n) is 6.54. The van der Waals surface area contributed by atoms with E-state index in [1.807, 2.05) is 19.9 Å². The van der Waals surface area contributed by atoms with Crippen LogP contribution in [0.25, 0.3) is 0 Å². The third kappa shape index (κ3) is 5.77. The number of carboxylic acid groups (broad SMARTS) is 1. The fraction of sp³-hybridized carbons (Fsp3) is 0.350. The third-order valence-electron chi connectivity index (χ3n) is 4.17. The van der Waals surface area contributed by atoms with Crippen molar-refractivity contribution in [1.29, 1.82) is 0 Å². The van der Waals surface area contributed by atoms with E-state index < -0.39 is 12.0 Å². The number of methoxy groups -OCH3 is 1. The van der Waals surface area contributed by atoms with Gasteiger partial charge in [0.05, 0.1) is 11.6 Å². The molecular formula is C20H22BrCl2NO4. The Morgan fingerprint density at radius 3 is 2.43 bits per heavy atom. The van der Waals surface area contributed by atoms with Crippen molar-refractivity contribution in [2.75, 3.05) is 7.11 Å². The van der Waals surface area contributed by atoms with Crippen LogP contribution in [0.3, 0.4) is 0 Å². The van der Waals surface area contributed by atoms with Crippen molar-refractivity contribution in [2.24, 2.45) is 5.92 Å². The molecule has 0 saturated carbocycles. The van der Waals surface area contributed by atoms with Crippen LogP contribution >= 0.6 is 39.1 Å². The first-order valence-electron chi connectivity index (χ1n) is 8.62. The Labute approximate surface area is 183 Å². The quantitative estimate of drug-likeness (QED) is 0.482. The average Bonchev–Trinajstić information content (AvgIpc) is 2.61. The van der Waals surface area contributed by atoms with Gasteiger partial charge in [0.2, 0.25) is 0 Å². The maximum absolute atomic E-state index is 11.3. The zero-order valence-electron chi connectivity index (χ0n) is 15.8. The van der Waals surface area contributed by atoms with Gasteiger partial charge in [0.1, 0.15) is 12.6 Å². The van der Waals surface area contributed by atoms with Crippen molar-refractivity contribution >= 4 is 45.1 Å². The second-order valence-corrected chi connectivity index (χ2v) is 8.21. The zero-order chi connectivity index (χ0) is 20.8. The van der Waals surface area contributed by atoms with Gasteiger partial charge in [-0.3, -0.25) is 4.79 Å². The maximum atomic E-state index is 11.3. The van der Waals surface area contributed by atoms with Crippen molar-refractivity contribution in [3.8, 4) is 11.5 Å². The highest BCUT2D eigenvalue weighted by Gasteiger charge is 2.21. The smallest absolute Gasteiger partial charge is 0.320 e. The molecule has 0 bridgehead atoms. The van der Waals surface area contributed by atoms with Crippen molar-refractivity contribution in [3.05, 3.63) is 56.0 Å². The number of rotatable bonds is 9. The van der Waals surface area contributed by atoms with Gasteiger partial charge >= 0.3 is 5.97 Å². The number of hydrogen-bond donors (Lipinski definition) is 2. The number of benzene rings is 2. The molecule has 2 aromatic rings. The average molecular weight is 491 g/mol. The molecule has 152 valence electrons. The summed E-state index contributed by atoms with van der Waals surface area (Å²) in [5.74, 6) is 0.120. The molecule has 0 fully saturated rings. The topological polar surface area (TPSA) is 67.8 Å². The third-order valence-corrected chi connectivity index (χ3v) is 5.47. The molecule has 0 spiro atoms. The van der Waals surface area contributed by atoms with Crippen LogP contribution in [0.1, 0.15) is 25.0 Å². The minimum atomic E-state index is -0.877. The lowest BCUT2D eigenvalue weighted by Crippen LogP contribution is -2.40. The summed E-state index contributed by atoms with van der Waals surface area (Å²) in [6.45, 7) is 4.28. The van der Waals surface area contributed by atoms with Crippen molar-refractivity contribution < 1.29 is 19.4 Å². The lowest BCUT2D eigenvalue weighted by Gasteiger charge is -2.19. The van der Waals surface area contributed by atoms with Crippen LogP contribution in [0.4, 0.5) is 0 Å². The molecule has 2 aromatic carbocycles. The number of carboxylic acids is 1. The van der Waals surface area contributed by atoms with Gasteiger partial charge in [-0.15, -0.1) is 0 Å². The minimum Gasteiger partial charge on any atom is -0.493 e. The van der Waals surface area contributed by atoms with E-state index in [1.54, 1.807) is 31.4 Å². The summed E-state index contributed by atoms with van der Waals surface area (Å²) in [6.07, 6.45) is 0. The van der Waals surface area contributed by atoms with E-state index in [1.165, 1.54) is 0 Å². The molecule has 1 atom stereocenters. The zero-order valence-corrected chi connectivity index (χ0v) is 18.9. The molecule has 0 heterocycles. The van der Waals surface area contributed by atoms with E-state index in [2.05, 4.69) is 21.2 Å². The highest BCUT2D eigenvalue weighted by molar-refractivity contribution is 9.10. The largest absolute Gasteiger partial charge is 0.493 e. The van der Waals surface area contributed by atoms with E-state index in [4.69, 9.17) is 32.7 Å². The summed E-state index contributed by atoms with van der Waals surface area (Å²) in [5.41, 5.74) is 1.55. The van der Waals surface area contributed by atoms with Crippen LogP contribution in [0.15, 0.2) is 34.8 Å². The Kier molecular flexibility index (Phi) is 8.43. The highest BCUT2D eigenvalue weighted by Crippen LogP contribution is 2.38. The molecule has 2 N–H and O–H groups in total. The summed E-state index contributed by atoms with van der Waals surface area (Å²) < 4.78 is 12.0. The SMILES string of the molecule is COc1cc(CNC(C(=O)O)C(C)C)cc(Br)c1OCc1c(Cl)cccc1Cl. The first-order chi connectivity index (χ1) is 13.2. The maximum Gasteiger partial charge on any atom is 0.320 e. The molecule has 2 rings (SSSR count). The lowest BCUT2D eigenvalue weighted by molar-refractivity contribution is -0.140. The van der Waals surface area contributed by atoms with E-state index in [0.29, 0.717) is 38.1 Å². The Balaban J connectivity index is 2.18. The molecule has 1 unspecified atom stereocenters. The molecule has 0 aliphatic heterocycles. The van der Waals surface area contributed by atoms with Crippen LogP contribution < -0.4 is 14.8 Å². The number of carbonyl (C=O) groups is 1. The van der Waals surface area contributed by atoms with Gasteiger partial charge in [-0.25, -0.2) is 0 Å². The highest BCUT2D eigenvalue weighted by atomic mass is 79.9. The molecule has 0 radical (unpaired) electrons. The summed E-state index contributed by atoms with van der Waals surface area (Å²) in [5, 5.41) is 13.4. The van der Waals surface area contributed by atoms with E-state index in [9.17, 15) is 9.90 Å². The van der Waals surface area contributed by atoms with Crippen molar-refractivity contribution in [3.63, 3.8) is 0 Å². The molecule has 0 aromatic heterocycles. The van der Waals surface area contributed by atoms with Crippen molar-refractivity contribution in [2.45, 2.75) is 33.0 Å². The molecule has 0 aliphatic rings. The van der Waals surface area contributed by atoms with Crippen LogP contribution in [-0.2, 0) is 17.9 Å². The fourth-order valence-electron chi connectivity index (χ4n) is 2.67. The molecule has 0 aliphatic carbocycles. The summed E-state index contributed by atoms with van der Waals surface area (Å²) in [6, 6.07) is 8.30. The normalized spacial score (nSPS) is 12.1. The van der Waals surface area contributed by atoms with E-state index in [-0.39, 0.29) is 12.5 Å². The molecule has 0 amide bonds. The Hall–Kier alpha value is -1.47. The van der Waals surface area contributed by atoms with Gasteiger partial charge in [-0.05, 0) is 51.7 Å². The number of hydrogen-bond acceptors (Lipinski definition) is 4. The standard InChI is InChI=1S/C20H22BrCl2NO4/c1-11(2)18(20(25)26)24-9-12-7-14(21)19(17(8-12)27-3)28-10-13-15(22)5-4-6-16(13)23/h4-8,11,18,24H,9-10H2,1-3H3,(H,25,26). The summed E-state index contributed by atoms with van der Waals surface area (Å²) in [4.78, 5) is 11.3. The predicted octanol–water partition coefficient (Wildman–Crippen LogP) is 5.54. The molecular weight excluding hydrogens is 469 g/mol. The van der Waals surface area contributed by atoms with Crippen LogP contribution in [0.5, 0.6) is 11.5 Å². The number of nitrogens with one attached hydrogen (secondary N) is 1. The first-order valence-corrected chi connectivity index (χ1v) is 10.2. The van der Waals surface area contributed by atoms with Crippen molar-refractivity contribution in [1.82, 2.24) is 5.32 Å². The van der Waals surface area contributed by atoms with E-state index >= 15 is 0 Å². The summed E-state index contributed by atoms with van der Waals surface area (Å²) in [7, 11) is 1.54. The monoisotopic (exact) mass is 489 g/mol. The summed E-state index contributed by atoms with van der Waals surface area (Å²) >= 11 is 15.9. The molecule has 28 heavy (non-hydrogen) atoms. The number of ether oxygens (including phenoxy) is 2. The number of halogens is 3. The van der Waals surface area contributed by atoms with Gasteiger partial charge in [-0.1, -0.05) is 43.1 Å². The van der Waals surface area contributed by atoms with Crippen LogP contribution in [0, 0.1) is 5.92 Å². The first kappa shape index (κ1) is 22.8. The van der Waals surface area contributed by atoms with Gasteiger partial charge in [0, 0.05) is 22.2 Å². The molecule has 8 heteroatoms. The Morgan fingerprint density at radius 2 is 1.89 bits per heavy atom. The van der Waals surface area contributed by atoms with Crippen LogP contribution in [0.2, 0.25) is 10.0 Å². The van der Waals surface area contributed by atoms with Gasteiger partial charge < -0.3 is 19.9 Å². The molecule has 0 saturated heterocycles. The van der Waals surface area contributed by atoms with Gasteiger partial charge in [0.15, 0.2) is 11.5 Å². The Morgan fingerprint density at radius 1 is 1.25 bits per heavy atom. The van der Waals surface area contributed by atoms with E-state index in [0.717, 1.165) is 5.56 Å². The Bertz CT molecular complexity index is 825. The van der Waals surface area contributed by atoms with Gasteiger partial charge in [0.25, 0.3) is 0 Å². The molecule has 5 nitrogen and oxygen atoms in total.